The number of hydrogen-bond donors (Lipinski definition) is 3. The summed E-state index contributed by atoms with van der Waals surface area (Å²) in [7, 11) is -3.30. The van der Waals surface area contributed by atoms with Gasteiger partial charge in [0, 0.05) is 23.4 Å². The van der Waals surface area contributed by atoms with E-state index in [1.54, 1.807) is 38.1 Å². The van der Waals surface area contributed by atoms with Crippen molar-refractivity contribution in [1.29, 1.82) is 0 Å². The molecular formula is C18H25N5O3S. The van der Waals surface area contributed by atoms with Gasteiger partial charge in [0.05, 0.1) is 16.7 Å². The fourth-order valence-corrected chi connectivity index (χ4v) is 3.12. The summed E-state index contributed by atoms with van der Waals surface area (Å²) in [4.78, 5) is 20.2. The number of nitrogens with zero attached hydrogens (tertiary/aromatic N) is 2. The van der Waals surface area contributed by atoms with Crippen LogP contribution in [0.25, 0.3) is 11.4 Å². The molecule has 0 saturated carbocycles. The second-order valence-corrected chi connectivity index (χ2v) is 9.35. The van der Waals surface area contributed by atoms with E-state index in [-0.39, 0.29) is 23.6 Å². The third-order valence-corrected chi connectivity index (χ3v) is 5.82. The van der Waals surface area contributed by atoms with Crippen LogP contribution in [0.15, 0.2) is 30.3 Å². The number of carbonyl (C=O) groups excluding carboxylic acids is 1. The molecule has 0 aliphatic heterocycles. The normalized spacial score (nSPS) is 11.6. The van der Waals surface area contributed by atoms with Crippen LogP contribution in [0.5, 0.6) is 0 Å². The summed E-state index contributed by atoms with van der Waals surface area (Å²) in [5.74, 6) is 0.342. The summed E-state index contributed by atoms with van der Waals surface area (Å²) in [6.45, 7) is 7.00. The minimum absolute atomic E-state index is 0.0329. The predicted molar refractivity (Wildman–Crippen MR) is 107 cm³/mol. The third-order valence-electron chi connectivity index (χ3n) is 3.69. The lowest BCUT2D eigenvalue weighted by molar-refractivity contribution is 0.250. The highest BCUT2D eigenvalue weighted by molar-refractivity contribution is 7.91. The van der Waals surface area contributed by atoms with Crippen LogP contribution in [0.2, 0.25) is 0 Å². The first-order valence-corrected chi connectivity index (χ1v) is 10.3. The topological polar surface area (TPSA) is 127 Å². The molecule has 1 aromatic carbocycles. The average Bonchev–Trinajstić information content (AvgIpc) is 2.53. The van der Waals surface area contributed by atoms with Gasteiger partial charge in [0.25, 0.3) is 0 Å². The highest BCUT2D eigenvalue weighted by Gasteiger charge is 2.19. The summed E-state index contributed by atoms with van der Waals surface area (Å²) in [6.07, 6.45) is 0. The largest absolute Gasteiger partial charge is 0.384 e. The standard InChI is InChI=1S/C18H25N5O3S/c1-11(2)20-18(24)22-14-7-5-13(6-8-14)17-21-15(9-16(19)23-17)10-27(25,26)12(3)4/h5-9,11-12H,10H2,1-4H3,(H2,19,21,23)(H2,20,22,24). The summed E-state index contributed by atoms with van der Waals surface area (Å²) < 4.78 is 24.3. The molecule has 2 amide bonds. The van der Waals surface area contributed by atoms with Gasteiger partial charge < -0.3 is 16.4 Å². The Balaban J connectivity index is 2.22. The van der Waals surface area contributed by atoms with Crippen LogP contribution < -0.4 is 16.4 Å². The summed E-state index contributed by atoms with van der Waals surface area (Å²) in [5, 5.41) is 4.96. The number of sulfone groups is 1. The number of carbonyl (C=O) groups is 1. The molecule has 4 N–H and O–H groups in total. The molecule has 1 aromatic heterocycles. The minimum Gasteiger partial charge on any atom is -0.384 e. The van der Waals surface area contributed by atoms with Crippen LogP contribution in [-0.4, -0.2) is 35.7 Å². The van der Waals surface area contributed by atoms with Crippen molar-refractivity contribution in [3.63, 3.8) is 0 Å². The number of anilines is 2. The lowest BCUT2D eigenvalue weighted by atomic mass is 10.2. The Morgan fingerprint density at radius 3 is 2.30 bits per heavy atom. The van der Waals surface area contributed by atoms with Crippen LogP contribution in [0.3, 0.4) is 0 Å². The van der Waals surface area contributed by atoms with E-state index >= 15 is 0 Å². The van der Waals surface area contributed by atoms with Crippen LogP contribution in [0, 0.1) is 0 Å². The van der Waals surface area contributed by atoms with E-state index in [2.05, 4.69) is 20.6 Å². The monoisotopic (exact) mass is 391 g/mol. The maximum atomic E-state index is 12.1. The predicted octanol–water partition coefficient (Wildman–Crippen LogP) is 2.58. The Bertz CT molecular complexity index is 909. The number of nitrogen functional groups attached to an aromatic ring is 1. The van der Waals surface area contributed by atoms with Gasteiger partial charge >= 0.3 is 6.03 Å². The van der Waals surface area contributed by atoms with Gasteiger partial charge in [-0.25, -0.2) is 23.2 Å². The Hall–Kier alpha value is -2.68. The first kappa shape index (κ1) is 20.6. The molecule has 8 nitrogen and oxygen atoms in total. The number of amides is 2. The first-order chi connectivity index (χ1) is 12.6. The van der Waals surface area contributed by atoms with E-state index in [0.717, 1.165) is 0 Å². The molecule has 9 heteroatoms. The number of aromatic nitrogens is 2. The number of nitrogens with one attached hydrogen (secondary N) is 2. The van der Waals surface area contributed by atoms with Gasteiger partial charge in [-0.15, -0.1) is 0 Å². The molecule has 0 bridgehead atoms. The molecule has 0 atom stereocenters. The maximum absolute atomic E-state index is 12.1. The molecule has 0 unspecified atom stereocenters. The summed E-state index contributed by atoms with van der Waals surface area (Å²) in [6, 6.07) is 8.11. The molecular weight excluding hydrogens is 366 g/mol. The summed E-state index contributed by atoms with van der Waals surface area (Å²) in [5.41, 5.74) is 7.46. The lowest BCUT2D eigenvalue weighted by Gasteiger charge is -2.11. The molecule has 1 heterocycles. The zero-order valence-corrected chi connectivity index (χ0v) is 16.7. The van der Waals surface area contributed by atoms with Crippen molar-refractivity contribution in [1.82, 2.24) is 15.3 Å². The number of hydrogen-bond acceptors (Lipinski definition) is 6. The van der Waals surface area contributed by atoms with Crippen LogP contribution in [0.1, 0.15) is 33.4 Å². The third kappa shape index (κ3) is 5.92. The van der Waals surface area contributed by atoms with Gasteiger partial charge in [-0.1, -0.05) is 0 Å². The van der Waals surface area contributed by atoms with E-state index in [1.807, 2.05) is 13.8 Å². The number of urea groups is 1. The van der Waals surface area contributed by atoms with E-state index in [1.165, 1.54) is 6.07 Å². The number of nitrogens with two attached hydrogens (primary N) is 1. The fraction of sp³-hybridized carbons (Fsp3) is 0.389. The molecule has 2 aromatic rings. The van der Waals surface area contributed by atoms with Crippen molar-refractivity contribution in [3.05, 3.63) is 36.0 Å². The fourth-order valence-electron chi connectivity index (χ4n) is 2.23. The number of rotatable bonds is 6. The quantitative estimate of drug-likeness (QED) is 0.694. The van der Waals surface area contributed by atoms with Gasteiger partial charge in [0.1, 0.15) is 5.82 Å². The van der Waals surface area contributed by atoms with Crippen molar-refractivity contribution < 1.29 is 13.2 Å². The Morgan fingerprint density at radius 2 is 1.74 bits per heavy atom. The molecule has 27 heavy (non-hydrogen) atoms. The second-order valence-electron chi connectivity index (χ2n) is 6.79. The molecule has 0 radical (unpaired) electrons. The van der Waals surface area contributed by atoms with Crippen LogP contribution in [0.4, 0.5) is 16.3 Å². The van der Waals surface area contributed by atoms with Crippen molar-refractivity contribution in [3.8, 4) is 11.4 Å². The average molecular weight is 391 g/mol. The molecule has 0 spiro atoms. The Kier molecular flexibility index (Phi) is 6.37. The van der Waals surface area contributed by atoms with Gasteiger partial charge in [-0.2, -0.15) is 0 Å². The van der Waals surface area contributed by atoms with E-state index < -0.39 is 15.1 Å². The number of benzene rings is 1. The lowest BCUT2D eigenvalue weighted by Crippen LogP contribution is -2.34. The molecule has 0 aliphatic rings. The first-order valence-electron chi connectivity index (χ1n) is 8.60. The van der Waals surface area contributed by atoms with E-state index in [9.17, 15) is 13.2 Å². The molecule has 0 aliphatic carbocycles. The molecule has 0 saturated heterocycles. The second kappa shape index (κ2) is 8.34. The van der Waals surface area contributed by atoms with Crippen molar-refractivity contribution in [2.75, 3.05) is 11.1 Å². The highest BCUT2D eigenvalue weighted by Crippen LogP contribution is 2.21. The van der Waals surface area contributed by atoms with E-state index in [0.29, 0.717) is 22.8 Å². The van der Waals surface area contributed by atoms with Gasteiger partial charge in [0.2, 0.25) is 0 Å². The molecule has 146 valence electrons. The SMILES string of the molecule is CC(C)NC(=O)Nc1ccc(-c2nc(N)cc(CS(=O)(=O)C(C)C)n2)cc1. The van der Waals surface area contributed by atoms with E-state index in [4.69, 9.17) is 5.73 Å². The maximum Gasteiger partial charge on any atom is 0.319 e. The molecule has 2 rings (SSSR count). The Morgan fingerprint density at radius 1 is 1.11 bits per heavy atom. The van der Waals surface area contributed by atoms with Crippen molar-refractivity contribution >= 4 is 27.4 Å². The zero-order valence-electron chi connectivity index (χ0n) is 15.9. The zero-order chi connectivity index (χ0) is 20.2. The van der Waals surface area contributed by atoms with Gasteiger partial charge in [0.15, 0.2) is 15.7 Å². The highest BCUT2D eigenvalue weighted by atomic mass is 32.2. The minimum atomic E-state index is -3.30. The summed E-state index contributed by atoms with van der Waals surface area (Å²) >= 11 is 0. The van der Waals surface area contributed by atoms with Gasteiger partial charge in [-0.05, 0) is 52.0 Å². The smallest absolute Gasteiger partial charge is 0.319 e. The van der Waals surface area contributed by atoms with Crippen LogP contribution in [-0.2, 0) is 15.6 Å². The van der Waals surface area contributed by atoms with Crippen molar-refractivity contribution in [2.24, 2.45) is 0 Å². The van der Waals surface area contributed by atoms with Gasteiger partial charge in [-0.3, -0.25) is 0 Å². The Labute approximate surface area is 159 Å². The van der Waals surface area contributed by atoms with Crippen LogP contribution >= 0.6 is 0 Å². The molecule has 0 fully saturated rings. The van der Waals surface area contributed by atoms with Crippen molar-refractivity contribution in [2.45, 2.75) is 44.7 Å².